The number of pyridine rings is 1. The fourth-order valence-corrected chi connectivity index (χ4v) is 1.80. The maximum atomic E-state index is 4.37. The van der Waals surface area contributed by atoms with Gasteiger partial charge in [-0.25, -0.2) is 4.98 Å². The molecule has 2 rings (SSSR count). The summed E-state index contributed by atoms with van der Waals surface area (Å²) in [6.07, 6.45) is 1.86. The number of anilines is 1. The third kappa shape index (κ3) is 1.87. The van der Waals surface area contributed by atoms with E-state index in [0.29, 0.717) is 6.04 Å². The summed E-state index contributed by atoms with van der Waals surface area (Å²) in [6, 6.07) is 6.71. The Morgan fingerprint density at radius 1 is 1.36 bits per heavy atom. The highest BCUT2D eigenvalue weighted by Crippen LogP contribution is 2.14. The van der Waals surface area contributed by atoms with Crippen molar-refractivity contribution >= 4 is 5.82 Å². The van der Waals surface area contributed by atoms with Crippen LogP contribution in [-0.2, 0) is 0 Å². The summed E-state index contributed by atoms with van der Waals surface area (Å²) in [5, 5.41) is 0. The molecule has 1 saturated heterocycles. The fraction of sp³-hybridized carbons (Fsp3) is 0.545. The Morgan fingerprint density at radius 3 is 2.86 bits per heavy atom. The van der Waals surface area contributed by atoms with E-state index in [1.807, 2.05) is 18.3 Å². The van der Waals surface area contributed by atoms with Crippen molar-refractivity contribution in [3.63, 3.8) is 0 Å². The van der Waals surface area contributed by atoms with Gasteiger partial charge in [-0.2, -0.15) is 0 Å². The number of rotatable bonds is 1. The molecule has 1 aliphatic rings. The Balaban J connectivity index is 2.07. The maximum absolute atomic E-state index is 4.37. The van der Waals surface area contributed by atoms with Crippen LogP contribution in [0.25, 0.3) is 0 Å². The van der Waals surface area contributed by atoms with Crippen molar-refractivity contribution in [2.75, 3.05) is 31.6 Å². The summed E-state index contributed by atoms with van der Waals surface area (Å²) in [5.74, 6) is 1.10. The van der Waals surface area contributed by atoms with E-state index in [9.17, 15) is 0 Å². The monoisotopic (exact) mass is 191 g/mol. The molecular formula is C11H17N3. The summed E-state index contributed by atoms with van der Waals surface area (Å²) in [6.45, 7) is 5.54. The molecule has 0 amide bonds. The molecule has 0 aliphatic carbocycles. The zero-order valence-electron chi connectivity index (χ0n) is 8.85. The molecule has 1 aromatic heterocycles. The summed E-state index contributed by atoms with van der Waals surface area (Å²) < 4.78 is 0. The van der Waals surface area contributed by atoms with E-state index in [-0.39, 0.29) is 0 Å². The standard InChI is InChI=1S/C11H17N3/c1-10-9-14(8-7-13(10)2)11-5-3-4-6-12-11/h3-6,10H,7-9H2,1-2H3. The quantitative estimate of drug-likeness (QED) is 0.665. The van der Waals surface area contributed by atoms with Gasteiger partial charge in [0.05, 0.1) is 0 Å². The molecule has 0 N–H and O–H groups in total. The van der Waals surface area contributed by atoms with Gasteiger partial charge in [0, 0.05) is 31.9 Å². The molecule has 0 radical (unpaired) electrons. The molecule has 1 atom stereocenters. The van der Waals surface area contributed by atoms with Crippen LogP contribution in [0.1, 0.15) is 6.92 Å². The van der Waals surface area contributed by atoms with E-state index in [1.165, 1.54) is 0 Å². The van der Waals surface area contributed by atoms with Crippen molar-refractivity contribution in [3.8, 4) is 0 Å². The molecule has 0 bridgehead atoms. The van der Waals surface area contributed by atoms with Gasteiger partial charge < -0.3 is 9.80 Å². The molecule has 1 aromatic rings. The Labute approximate surface area is 85.4 Å². The number of aromatic nitrogens is 1. The average molecular weight is 191 g/mol. The molecule has 3 nitrogen and oxygen atoms in total. The first-order valence-corrected chi connectivity index (χ1v) is 5.13. The van der Waals surface area contributed by atoms with E-state index in [1.54, 1.807) is 0 Å². The normalized spacial score (nSPS) is 23.9. The van der Waals surface area contributed by atoms with Gasteiger partial charge in [0.25, 0.3) is 0 Å². The molecule has 0 spiro atoms. The first kappa shape index (κ1) is 9.46. The predicted molar refractivity (Wildman–Crippen MR) is 58.5 cm³/mol. The predicted octanol–water partition coefficient (Wildman–Crippen LogP) is 1.22. The lowest BCUT2D eigenvalue weighted by molar-refractivity contribution is 0.233. The van der Waals surface area contributed by atoms with Crippen LogP contribution in [0.3, 0.4) is 0 Å². The summed E-state index contributed by atoms with van der Waals surface area (Å²) in [4.78, 5) is 9.11. The van der Waals surface area contributed by atoms with Gasteiger partial charge in [0.15, 0.2) is 0 Å². The first-order valence-electron chi connectivity index (χ1n) is 5.13. The molecule has 1 fully saturated rings. The second-order valence-corrected chi connectivity index (χ2v) is 3.96. The molecule has 3 heteroatoms. The molecule has 0 aromatic carbocycles. The van der Waals surface area contributed by atoms with Crippen molar-refractivity contribution in [1.29, 1.82) is 0 Å². The molecular weight excluding hydrogens is 174 g/mol. The highest BCUT2D eigenvalue weighted by Gasteiger charge is 2.20. The van der Waals surface area contributed by atoms with Gasteiger partial charge in [-0.3, -0.25) is 0 Å². The van der Waals surface area contributed by atoms with E-state index in [4.69, 9.17) is 0 Å². The van der Waals surface area contributed by atoms with Crippen LogP contribution in [0.15, 0.2) is 24.4 Å². The minimum atomic E-state index is 0.616. The van der Waals surface area contributed by atoms with Crippen molar-refractivity contribution in [3.05, 3.63) is 24.4 Å². The number of piperazine rings is 1. The lowest BCUT2D eigenvalue weighted by Crippen LogP contribution is -2.50. The Hall–Kier alpha value is -1.09. The van der Waals surface area contributed by atoms with Crippen molar-refractivity contribution in [1.82, 2.24) is 9.88 Å². The second-order valence-electron chi connectivity index (χ2n) is 3.96. The Bertz CT molecular complexity index is 286. The van der Waals surface area contributed by atoms with Crippen LogP contribution in [0.4, 0.5) is 5.82 Å². The number of likely N-dealkylation sites (N-methyl/N-ethyl adjacent to an activating group) is 1. The van der Waals surface area contributed by atoms with Crippen molar-refractivity contribution in [2.45, 2.75) is 13.0 Å². The minimum Gasteiger partial charge on any atom is -0.354 e. The minimum absolute atomic E-state index is 0.616. The van der Waals surface area contributed by atoms with E-state index in [0.717, 1.165) is 25.5 Å². The molecule has 1 aliphatic heterocycles. The SMILES string of the molecule is CC1CN(c2ccccn2)CCN1C. The Kier molecular flexibility index (Phi) is 2.68. The molecule has 2 heterocycles. The molecule has 76 valence electrons. The lowest BCUT2D eigenvalue weighted by atomic mass is 10.2. The van der Waals surface area contributed by atoms with Crippen LogP contribution in [0.2, 0.25) is 0 Å². The van der Waals surface area contributed by atoms with Crippen molar-refractivity contribution in [2.24, 2.45) is 0 Å². The third-order valence-electron chi connectivity index (χ3n) is 2.93. The van der Waals surface area contributed by atoms with Crippen LogP contribution >= 0.6 is 0 Å². The summed E-state index contributed by atoms with van der Waals surface area (Å²) >= 11 is 0. The van der Waals surface area contributed by atoms with Gasteiger partial charge >= 0.3 is 0 Å². The zero-order chi connectivity index (χ0) is 9.97. The maximum Gasteiger partial charge on any atom is 0.128 e. The average Bonchev–Trinajstić information content (AvgIpc) is 2.23. The Morgan fingerprint density at radius 2 is 2.21 bits per heavy atom. The zero-order valence-corrected chi connectivity index (χ0v) is 8.85. The van der Waals surface area contributed by atoms with Crippen LogP contribution < -0.4 is 4.90 Å². The van der Waals surface area contributed by atoms with E-state index >= 15 is 0 Å². The van der Waals surface area contributed by atoms with Gasteiger partial charge in [0.1, 0.15) is 5.82 Å². The van der Waals surface area contributed by atoms with Crippen LogP contribution in [0.5, 0.6) is 0 Å². The first-order chi connectivity index (χ1) is 6.77. The number of nitrogens with zero attached hydrogens (tertiary/aromatic N) is 3. The summed E-state index contributed by atoms with van der Waals surface area (Å²) in [7, 11) is 2.18. The second kappa shape index (κ2) is 3.96. The fourth-order valence-electron chi connectivity index (χ4n) is 1.80. The third-order valence-corrected chi connectivity index (χ3v) is 2.93. The smallest absolute Gasteiger partial charge is 0.128 e. The molecule has 1 unspecified atom stereocenters. The molecule has 0 saturated carbocycles. The highest BCUT2D eigenvalue weighted by atomic mass is 15.3. The van der Waals surface area contributed by atoms with Crippen LogP contribution in [-0.4, -0.2) is 42.6 Å². The molecule has 14 heavy (non-hydrogen) atoms. The van der Waals surface area contributed by atoms with Crippen LogP contribution in [0, 0.1) is 0 Å². The van der Waals surface area contributed by atoms with E-state index in [2.05, 4.69) is 34.8 Å². The highest BCUT2D eigenvalue weighted by molar-refractivity contribution is 5.38. The summed E-state index contributed by atoms with van der Waals surface area (Å²) in [5.41, 5.74) is 0. The topological polar surface area (TPSA) is 19.4 Å². The van der Waals surface area contributed by atoms with Gasteiger partial charge in [-0.15, -0.1) is 0 Å². The number of hydrogen-bond donors (Lipinski definition) is 0. The van der Waals surface area contributed by atoms with Gasteiger partial charge in [-0.05, 0) is 26.1 Å². The largest absolute Gasteiger partial charge is 0.354 e. The number of hydrogen-bond acceptors (Lipinski definition) is 3. The lowest BCUT2D eigenvalue weighted by Gasteiger charge is -2.38. The van der Waals surface area contributed by atoms with Gasteiger partial charge in [-0.1, -0.05) is 6.07 Å². The van der Waals surface area contributed by atoms with Gasteiger partial charge in [0.2, 0.25) is 0 Å². The van der Waals surface area contributed by atoms with E-state index < -0.39 is 0 Å². The van der Waals surface area contributed by atoms with Crippen molar-refractivity contribution < 1.29 is 0 Å².